The van der Waals surface area contributed by atoms with Crippen molar-refractivity contribution in [3.63, 3.8) is 0 Å². The lowest BCUT2D eigenvalue weighted by Crippen LogP contribution is -2.38. The second kappa shape index (κ2) is 9.85. The Balaban J connectivity index is 1.64. The van der Waals surface area contributed by atoms with E-state index in [0.717, 1.165) is 18.2 Å². The number of nitrogens with zero attached hydrogens (tertiary/aromatic N) is 2. The molecular weight excluding hydrogens is 454 g/mol. The van der Waals surface area contributed by atoms with Crippen LogP contribution in [0.25, 0.3) is 5.57 Å². The van der Waals surface area contributed by atoms with E-state index in [0.29, 0.717) is 17.6 Å². The summed E-state index contributed by atoms with van der Waals surface area (Å²) in [6.45, 7) is -0.0368. The van der Waals surface area contributed by atoms with Crippen LogP contribution in [0.5, 0.6) is 0 Å². The molecule has 1 unspecified atom stereocenters. The predicted octanol–water partition coefficient (Wildman–Crippen LogP) is 4.11. The number of carbonyl (C=O) groups excluding carboxylic acids is 1. The number of alkyl halides is 3. The molecule has 1 atom stereocenters. The maximum atomic E-state index is 14.5. The van der Waals surface area contributed by atoms with E-state index in [4.69, 9.17) is 16.7 Å². The summed E-state index contributed by atoms with van der Waals surface area (Å²) in [5.41, 5.74) is 0.325. The Bertz CT molecular complexity index is 1030. The van der Waals surface area contributed by atoms with E-state index in [9.17, 15) is 27.5 Å². The lowest BCUT2D eigenvalue weighted by atomic mass is 10.0. The third-order valence-corrected chi connectivity index (χ3v) is 5.22. The minimum Gasteiger partial charge on any atom is -0.394 e. The molecule has 0 aliphatic carbocycles. The summed E-state index contributed by atoms with van der Waals surface area (Å²) in [4.78, 5) is 18.0. The number of hydrogen-bond donors (Lipinski definition) is 3. The zero-order chi connectivity index (χ0) is 23.5. The van der Waals surface area contributed by atoms with E-state index in [1.807, 2.05) is 0 Å². The molecule has 172 valence electrons. The predicted molar refractivity (Wildman–Crippen MR) is 111 cm³/mol. The van der Waals surface area contributed by atoms with Gasteiger partial charge in [-0.25, -0.2) is 9.18 Å². The maximum absolute atomic E-state index is 14.5. The van der Waals surface area contributed by atoms with Crippen molar-refractivity contribution in [2.75, 3.05) is 25.0 Å². The third-order valence-electron chi connectivity index (χ3n) is 4.91. The zero-order valence-corrected chi connectivity index (χ0v) is 17.4. The number of benzene rings is 1. The van der Waals surface area contributed by atoms with Gasteiger partial charge in [-0.05, 0) is 41.8 Å². The van der Waals surface area contributed by atoms with E-state index in [1.165, 1.54) is 17.2 Å². The second-order valence-corrected chi connectivity index (χ2v) is 7.67. The number of nitrogens with one attached hydrogen (secondary N) is 1. The molecule has 1 aliphatic rings. The molecular formula is C21H20ClF4N3O3. The molecule has 1 aromatic carbocycles. The van der Waals surface area contributed by atoms with Gasteiger partial charge in [0.2, 0.25) is 0 Å². The molecule has 0 bridgehead atoms. The van der Waals surface area contributed by atoms with Crippen LogP contribution in [0.15, 0.2) is 36.5 Å². The number of pyridine rings is 1. The molecule has 3 rings (SSSR count). The normalized spacial score (nSPS) is 15.3. The van der Waals surface area contributed by atoms with Gasteiger partial charge in [-0.1, -0.05) is 17.7 Å². The van der Waals surface area contributed by atoms with Gasteiger partial charge in [-0.15, -0.1) is 0 Å². The highest BCUT2D eigenvalue weighted by Gasteiger charge is 2.33. The molecule has 1 aliphatic heterocycles. The Morgan fingerprint density at radius 3 is 2.62 bits per heavy atom. The molecule has 11 heteroatoms. The first-order valence-electron chi connectivity index (χ1n) is 9.64. The Morgan fingerprint density at radius 2 is 2.06 bits per heavy atom. The van der Waals surface area contributed by atoms with Crippen LogP contribution in [0.1, 0.15) is 23.2 Å². The second-order valence-electron chi connectivity index (χ2n) is 7.26. The molecule has 2 amide bonds. The molecule has 0 saturated carbocycles. The summed E-state index contributed by atoms with van der Waals surface area (Å²) < 4.78 is 52.8. The van der Waals surface area contributed by atoms with Gasteiger partial charge in [0, 0.05) is 31.4 Å². The van der Waals surface area contributed by atoms with E-state index in [-0.39, 0.29) is 30.9 Å². The topological polar surface area (TPSA) is 85.7 Å². The van der Waals surface area contributed by atoms with Gasteiger partial charge in [0.15, 0.2) is 0 Å². The van der Waals surface area contributed by atoms with Gasteiger partial charge in [0.25, 0.3) is 0 Å². The SMILES string of the molecule is O=C(Nc1ccc(C(F)(F)F)c(Cl)c1)N1CC=C(c2ncc(CC(O)CO)cc2F)CC1. The number of rotatable bonds is 5. The van der Waals surface area contributed by atoms with Crippen molar-refractivity contribution in [1.82, 2.24) is 9.88 Å². The molecule has 0 saturated heterocycles. The number of halogens is 5. The van der Waals surface area contributed by atoms with Gasteiger partial charge in [0.05, 0.1) is 23.3 Å². The molecule has 1 aromatic heterocycles. The molecule has 2 heterocycles. The highest BCUT2D eigenvalue weighted by molar-refractivity contribution is 6.31. The fourth-order valence-electron chi connectivity index (χ4n) is 3.26. The lowest BCUT2D eigenvalue weighted by molar-refractivity contribution is -0.137. The summed E-state index contributed by atoms with van der Waals surface area (Å²) in [7, 11) is 0. The number of aromatic nitrogens is 1. The summed E-state index contributed by atoms with van der Waals surface area (Å²) in [5.74, 6) is -0.573. The minimum absolute atomic E-state index is 0.0711. The zero-order valence-electron chi connectivity index (χ0n) is 16.7. The van der Waals surface area contributed by atoms with Gasteiger partial charge >= 0.3 is 12.2 Å². The largest absolute Gasteiger partial charge is 0.417 e. The Labute approximate surface area is 186 Å². The average Bonchev–Trinajstić information content (AvgIpc) is 2.73. The standard InChI is InChI=1S/C21H20ClF4N3O3/c22-17-9-14(1-2-16(17)21(24,25)26)28-20(32)29-5-3-13(4-6-29)19-18(23)8-12(10-27-19)7-15(31)11-30/h1-3,8-10,15,30-31H,4-7,11H2,(H,28,32). The Morgan fingerprint density at radius 1 is 1.31 bits per heavy atom. The van der Waals surface area contributed by atoms with E-state index in [1.54, 1.807) is 6.08 Å². The van der Waals surface area contributed by atoms with Crippen LogP contribution in [-0.2, 0) is 12.6 Å². The van der Waals surface area contributed by atoms with E-state index >= 15 is 0 Å². The van der Waals surface area contributed by atoms with Gasteiger partial charge in [0.1, 0.15) is 11.5 Å². The smallest absolute Gasteiger partial charge is 0.394 e. The first kappa shape index (κ1) is 24.0. The summed E-state index contributed by atoms with van der Waals surface area (Å²) in [5, 5.41) is 20.3. The van der Waals surface area contributed by atoms with Crippen molar-refractivity contribution in [2.24, 2.45) is 0 Å². The highest BCUT2D eigenvalue weighted by Crippen LogP contribution is 2.36. The van der Waals surface area contributed by atoms with Crippen molar-refractivity contribution in [2.45, 2.75) is 25.1 Å². The molecule has 32 heavy (non-hydrogen) atoms. The van der Waals surface area contributed by atoms with Crippen LogP contribution in [-0.4, -0.2) is 51.9 Å². The number of urea groups is 1. The fraction of sp³-hybridized carbons (Fsp3) is 0.333. The van der Waals surface area contributed by atoms with Crippen molar-refractivity contribution in [1.29, 1.82) is 0 Å². The van der Waals surface area contributed by atoms with Gasteiger partial charge in [-0.3, -0.25) is 4.98 Å². The van der Waals surface area contributed by atoms with Crippen LogP contribution in [0.2, 0.25) is 5.02 Å². The lowest BCUT2D eigenvalue weighted by Gasteiger charge is -2.27. The van der Waals surface area contributed by atoms with Crippen LogP contribution in [0.4, 0.5) is 28.0 Å². The number of aliphatic hydroxyl groups is 2. The maximum Gasteiger partial charge on any atom is 0.417 e. The van der Waals surface area contributed by atoms with Crippen molar-refractivity contribution < 1.29 is 32.6 Å². The Kier molecular flexibility index (Phi) is 7.37. The van der Waals surface area contributed by atoms with Crippen molar-refractivity contribution in [3.8, 4) is 0 Å². The average molecular weight is 474 g/mol. The molecule has 2 aromatic rings. The quantitative estimate of drug-likeness (QED) is 0.570. The fourth-order valence-corrected chi connectivity index (χ4v) is 3.54. The monoisotopic (exact) mass is 473 g/mol. The number of hydrogen-bond acceptors (Lipinski definition) is 4. The van der Waals surface area contributed by atoms with E-state index < -0.39 is 41.3 Å². The molecule has 6 nitrogen and oxygen atoms in total. The minimum atomic E-state index is -4.59. The van der Waals surface area contributed by atoms with Crippen molar-refractivity contribution in [3.05, 3.63) is 64.2 Å². The third kappa shape index (κ3) is 5.76. The van der Waals surface area contributed by atoms with E-state index in [2.05, 4.69) is 10.3 Å². The van der Waals surface area contributed by atoms with Gasteiger partial charge in [-0.2, -0.15) is 13.2 Å². The van der Waals surface area contributed by atoms with Crippen LogP contribution in [0.3, 0.4) is 0 Å². The number of aliphatic hydroxyl groups excluding tert-OH is 2. The van der Waals surface area contributed by atoms with Crippen LogP contribution >= 0.6 is 11.6 Å². The first-order valence-corrected chi connectivity index (χ1v) is 10.0. The summed E-state index contributed by atoms with van der Waals surface area (Å²) in [6.07, 6.45) is -2.12. The summed E-state index contributed by atoms with van der Waals surface area (Å²) >= 11 is 5.67. The molecule has 0 radical (unpaired) electrons. The number of carbonyl (C=O) groups is 1. The summed E-state index contributed by atoms with van der Waals surface area (Å²) in [6, 6.07) is 3.66. The molecule has 0 fully saturated rings. The number of anilines is 1. The Hall–Kier alpha value is -2.69. The van der Waals surface area contributed by atoms with Crippen LogP contribution in [0, 0.1) is 5.82 Å². The molecule has 0 spiro atoms. The first-order chi connectivity index (χ1) is 15.1. The highest BCUT2D eigenvalue weighted by atomic mass is 35.5. The van der Waals surface area contributed by atoms with Crippen molar-refractivity contribution >= 4 is 28.9 Å². The molecule has 3 N–H and O–H groups in total. The van der Waals surface area contributed by atoms with Gasteiger partial charge < -0.3 is 20.4 Å². The van der Waals surface area contributed by atoms with Crippen LogP contribution < -0.4 is 5.32 Å². The number of amides is 2.